The van der Waals surface area contributed by atoms with Crippen LogP contribution in [0.15, 0.2) is 29.4 Å². The fourth-order valence-corrected chi connectivity index (χ4v) is 2.98. The molecule has 0 bridgehead atoms. The Balaban J connectivity index is 1.71. The molecule has 0 spiro atoms. The van der Waals surface area contributed by atoms with Crippen molar-refractivity contribution in [2.24, 2.45) is 0 Å². The minimum absolute atomic E-state index is 0.163. The number of hydrogen-bond donors (Lipinski definition) is 1. The minimum atomic E-state index is -0.163. The monoisotopic (exact) mass is 361 g/mol. The van der Waals surface area contributed by atoms with E-state index < -0.39 is 0 Å². The number of nitrogens with zero attached hydrogens (tertiary/aromatic N) is 4. The maximum atomic E-state index is 12.1. The molecule has 2 heterocycles. The highest BCUT2D eigenvalue weighted by Gasteiger charge is 2.13. The van der Waals surface area contributed by atoms with Gasteiger partial charge in [0.2, 0.25) is 11.1 Å². The summed E-state index contributed by atoms with van der Waals surface area (Å²) in [5.41, 5.74) is 3.61. The van der Waals surface area contributed by atoms with Gasteiger partial charge in [-0.15, -0.1) is 5.10 Å². The first-order valence-corrected chi connectivity index (χ1v) is 8.70. The van der Waals surface area contributed by atoms with Crippen molar-refractivity contribution < 1.29 is 4.79 Å². The molecule has 0 aliphatic carbocycles. The number of carbonyl (C=O) groups excluding carboxylic acids is 1. The van der Waals surface area contributed by atoms with Crippen LogP contribution in [0.25, 0.3) is 5.78 Å². The Labute approximate surface area is 148 Å². The predicted octanol–water partition coefficient (Wildman–Crippen LogP) is 3.43. The number of para-hydroxylation sites is 1. The third-order valence-electron chi connectivity index (χ3n) is 3.72. The number of fused-ring (bicyclic) bond motifs is 1. The Hall–Kier alpha value is -2.12. The molecule has 1 N–H and O–H groups in total. The van der Waals surface area contributed by atoms with Gasteiger partial charge in [-0.2, -0.15) is 4.98 Å². The zero-order valence-electron chi connectivity index (χ0n) is 13.5. The Morgan fingerprint density at radius 3 is 2.75 bits per heavy atom. The number of halogens is 1. The number of carbonyl (C=O) groups is 1. The van der Waals surface area contributed by atoms with Crippen LogP contribution in [0.4, 0.5) is 5.69 Å². The lowest BCUT2D eigenvalue weighted by atomic mass is 10.2. The first kappa shape index (κ1) is 16.7. The Morgan fingerprint density at radius 1 is 1.25 bits per heavy atom. The number of aromatic nitrogens is 4. The molecule has 8 heteroatoms. The fourth-order valence-electron chi connectivity index (χ4n) is 2.18. The summed E-state index contributed by atoms with van der Waals surface area (Å²) < 4.78 is 1.70. The van der Waals surface area contributed by atoms with Crippen molar-refractivity contribution in [2.45, 2.75) is 25.9 Å². The molecule has 1 aromatic carbocycles. The van der Waals surface area contributed by atoms with E-state index in [1.807, 2.05) is 32.9 Å². The predicted molar refractivity (Wildman–Crippen MR) is 95.8 cm³/mol. The van der Waals surface area contributed by atoms with Gasteiger partial charge in [-0.3, -0.25) is 4.79 Å². The summed E-state index contributed by atoms with van der Waals surface area (Å²) in [4.78, 5) is 20.9. The molecule has 0 radical (unpaired) electrons. The minimum Gasteiger partial charge on any atom is -0.324 e. The number of benzene rings is 1. The Bertz CT molecular complexity index is 924. The summed E-state index contributed by atoms with van der Waals surface area (Å²) in [6.07, 6.45) is 0. The first-order valence-electron chi connectivity index (χ1n) is 7.33. The summed E-state index contributed by atoms with van der Waals surface area (Å²) in [6.45, 7) is 5.92. The van der Waals surface area contributed by atoms with Crippen molar-refractivity contribution in [3.63, 3.8) is 0 Å². The van der Waals surface area contributed by atoms with Crippen LogP contribution in [-0.2, 0) is 4.79 Å². The molecule has 3 aromatic rings. The summed E-state index contributed by atoms with van der Waals surface area (Å²) in [7, 11) is 0. The number of nitrogens with one attached hydrogen (secondary N) is 1. The largest absolute Gasteiger partial charge is 0.324 e. The highest BCUT2D eigenvalue weighted by molar-refractivity contribution is 7.99. The molecule has 0 saturated carbocycles. The standard InChI is InChI=1S/C16H16ClN5OS/c1-9-10(2)18-15-20-16(21-22(15)11(9)3)24-8-14(23)19-13-7-5-4-6-12(13)17/h4-7H,8H2,1-3H3,(H,19,23). The average Bonchev–Trinajstić information content (AvgIpc) is 2.96. The van der Waals surface area contributed by atoms with Gasteiger partial charge in [-0.1, -0.05) is 35.5 Å². The molecule has 0 unspecified atom stereocenters. The molecule has 6 nitrogen and oxygen atoms in total. The first-order chi connectivity index (χ1) is 11.5. The normalized spacial score (nSPS) is 11.0. The van der Waals surface area contributed by atoms with E-state index in [4.69, 9.17) is 11.6 Å². The molecular formula is C16H16ClN5OS. The maximum absolute atomic E-state index is 12.1. The smallest absolute Gasteiger partial charge is 0.253 e. The van der Waals surface area contributed by atoms with Crippen molar-refractivity contribution in [3.05, 3.63) is 46.2 Å². The fraction of sp³-hybridized carbons (Fsp3) is 0.250. The van der Waals surface area contributed by atoms with Crippen LogP contribution in [0, 0.1) is 20.8 Å². The van der Waals surface area contributed by atoms with Gasteiger partial charge < -0.3 is 5.32 Å². The van der Waals surface area contributed by atoms with Gasteiger partial charge in [0.15, 0.2) is 0 Å². The van der Waals surface area contributed by atoms with E-state index >= 15 is 0 Å². The van der Waals surface area contributed by atoms with E-state index in [-0.39, 0.29) is 11.7 Å². The second-order valence-electron chi connectivity index (χ2n) is 5.33. The molecule has 0 aliphatic heterocycles. The van der Waals surface area contributed by atoms with Gasteiger partial charge in [-0.05, 0) is 38.5 Å². The van der Waals surface area contributed by atoms with Crippen LogP contribution in [0.1, 0.15) is 17.0 Å². The average molecular weight is 362 g/mol. The van der Waals surface area contributed by atoms with Crippen molar-refractivity contribution in [2.75, 3.05) is 11.1 Å². The number of rotatable bonds is 4. The number of aryl methyl sites for hydroxylation is 2. The van der Waals surface area contributed by atoms with Crippen molar-refractivity contribution in [1.82, 2.24) is 19.6 Å². The zero-order valence-corrected chi connectivity index (χ0v) is 15.1. The van der Waals surface area contributed by atoms with E-state index in [1.165, 1.54) is 11.8 Å². The van der Waals surface area contributed by atoms with Crippen molar-refractivity contribution in [3.8, 4) is 0 Å². The van der Waals surface area contributed by atoms with Gasteiger partial charge in [0.25, 0.3) is 5.78 Å². The number of amides is 1. The van der Waals surface area contributed by atoms with Gasteiger partial charge in [0.1, 0.15) is 0 Å². The summed E-state index contributed by atoms with van der Waals surface area (Å²) in [6, 6.07) is 7.12. The lowest BCUT2D eigenvalue weighted by Gasteiger charge is -2.05. The van der Waals surface area contributed by atoms with E-state index in [0.29, 0.717) is 21.6 Å². The summed E-state index contributed by atoms with van der Waals surface area (Å²) >= 11 is 7.29. The molecule has 124 valence electrons. The summed E-state index contributed by atoms with van der Waals surface area (Å²) in [5.74, 6) is 0.577. The molecule has 3 rings (SSSR count). The molecule has 0 saturated heterocycles. The van der Waals surface area contributed by atoms with Crippen LogP contribution < -0.4 is 5.32 Å². The van der Waals surface area contributed by atoms with E-state index in [1.54, 1.807) is 16.6 Å². The summed E-state index contributed by atoms with van der Waals surface area (Å²) in [5, 5.41) is 8.21. The quantitative estimate of drug-likeness (QED) is 0.721. The van der Waals surface area contributed by atoms with E-state index in [0.717, 1.165) is 17.0 Å². The van der Waals surface area contributed by atoms with Crippen molar-refractivity contribution >= 4 is 40.7 Å². The van der Waals surface area contributed by atoms with Crippen molar-refractivity contribution in [1.29, 1.82) is 0 Å². The third-order valence-corrected chi connectivity index (χ3v) is 4.89. The number of anilines is 1. The molecule has 0 fully saturated rings. The van der Waals surface area contributed by atoms with Crippen LogP contribution in [0.3, 0.4) is 0 Å². The highest BCUT2D eigenvalue weighted by Crippen LogP contribution is 2.22. The lowest BCUT2D eigenvalue weighted by molar-refractivity contribution is -0.113. The Kier molecular flexibility index (Phi) is 4.73. The number of thioether (sulfide) groups is 1. The molecule has 0 aliphatic rings. The van der Waals surface area contributed by atoms with Crippen LogP contribution in [0.2, 0.25) is 5.02 Å². The maximum Gasteiger partial charge on any atom is 0.253 e. The molecular weight excluding hydrogens is 346 g/mol. The molecule has 0 atom stereocenters. The van der Waals surface area contributed by atoms with Gasteiger partial charge in [0, 0.05) is 11.4 Å². The lowest BCUT2D eigenvalue weighted by Crippen LogP contribution is -2.14. The van der Waals surface area contributed by atoms with Gasteiger partial charge in [-0.25, -0.2) is 9.50 Å². The van der Waals surface area contributed by atoms with Gasteiger partial charge in [0.05, 0.1) is 16.5 Å². The topological polar surface area (TPSA) is 72.2 Å². The third kappa shape index (κ3) is 3.37. The van der Waals surface area contributed by atoms with Crippen LogP contribution in [0.5, 0.6) is 0 Å². The van der Waals surface area contributed by atoms with Gasteiger partial charge >= 0.3 is 0 Å². The SMILES string of the molecule is Cc1nc2nc(SCC(=O)Nc3ccccc3Cl)nn2c(C)c1C. The molecule has 1 amide bonds. The molecule has 2 aromatic heterocycles. The highest BCUT2D eigenvalue weighted by atomic mass is 35.5. The molecule has 24 heavy (non-hydrogen) atoms. The Morgan fingerprint density at radius 2 is 2.00 bits per heavy atom. The second-order valence-corrected chi connectivity index (χ2v) is 6.68. The van der Waals surface area contributed by atoms with E-state index in [9.17, 15) is 4.79 Å². The van der Waals surface area contributed by atoms with Crippen LogP contribution >= 0.6 is 23.4 Å². The van der Waals surface area contributed by atoms with E-state index in [2.05, 4.69) is 20.4 Å². The zero-order chi connectivity index (χ0) is 17.3. The van der Waals surface area contributed by atoms with Crippen LogP contribution in [-0.4, -0.2) is 31.2 Å². The second kappa shape index (κ2) is 6.78. The number of hydrogen-bond acceptors (Lipinski definition) is 5.